The summed E-state index contributed by atoms with van der Waals surface area (Å²) in [5, 5.41) is 10.1. The Morgan fingerprint density at radius 3 is 2.35 bits per heavy atom. The summed E-state index contributed by atoms with van der Waals surface area (Å²) >= 11 is 0. The minimum Gasteiger partial charge on any atom is -0.396 e. The first-order chi connectivity index (χ1) is 17.4. The van der Waals surface area contributed by atoms with Crippen LogP contribution in [0.4, 0.5) is 0 Å². The topological polar surface area (TPSA) is 68.2 Å². The Morgan fingerprint density at radius 1 is 1.11 bits per heavy atom. The van der Waals surface area contributed by atoms with Gasteiger partial charge >= 0.3 is 0 Å². The fraction of sp³-hybridized carbons (Fsp3) is 0.900. The lowest BCUT2D eigenvalue weighted by Crippen LogP contribution is -2.57. The van der Waals surface area contributed by atoms with Gasteiger partial charge in [-0.1, -0.05) is 44.5 Å². The van der Waals surface area contributed by atoms with E-state index in [9.17, 15) is 9.90 Å². The molecule has 0 aromatic carbocycles. The van der Waals surface area contributed by atoms with Gasteiger partial charge in [0.15, 0.2) is 5.60 Å². The monoisotopic (exact) mass is 533 g/mol. The fourth-order valence-electron chi connectivity index (χ4n) is 10.0. The molecule has 8 atom stereocenters. The smallest absolute Gasteiger partial charge is 0.256 e. The maximum absolute atomic E-state index is 14.8. The van der Waals surface area contributed by atoms with E-state index in [1.807, 2.05) is 14.2 Å². The van der Waals surface area contributed by atoms with Crippen LogP contribution >= 0.6 is 0 Å². The van der Waals surface area contributed by atoms with Crippen molar-refractivity contribution in [3.05, 3.63) is 11.6 Å². The molecule has 2 aliphatic carbocycles. The summed E-state index contributed by atoms with van der Waals surface area (Å²) in [6.45, 7) is 14.2. The molecule has 1 N–H and O–H groups in total. The van der Waals surface area contributed by atoms with Gasteiger partial charge in [-0.15, -0.1) is 0 Å². The van der Waals surface area contributed by atoms with Gasteiger partial charge in [0, 0.05) is 38.7 Å². The number of aliphatic hydroxyl groups is 1. The standard InChI is InChI=1S/C30H51NO5Si/c1-18-17-29(3,4)31-26-23(18)15-21(35-6)16-24(26)30(28(31)33)19(2)27(25(36-30)13-14-32)37(7,8)22-11-9-20(34-5)10-12-22/h17,19-27,32H,9-16H2,1-8H3/t19-,20?,21?,22?,23?,24?,25+,26?,27-,30+/m1/s1. The van der Waals surface area contributed by atoms with Crippen LogP contribution < -0.4 is 0 Å². The molecule has 3 aliphatic heterocycles. The molecule has 2 saturated heterocycles. The minimum absolute atomic E-state index is 0.0642. The molecule has 4 fully saturated rings. The van der Waals surface area contributed by atoms with Crippen LogP contribution in [-0.4, -0.2) is 80.3 Å². The lowest BCUT2D eigenvalue weighted by atomic mass is 9.64. The lowest BCUT2D eigenvalue weighted by molar-refractivity contribution is -0.158. The highest BCUT2D eigenvalue weighted by atomic mass is 28.3. The maximum Gasteiger partial charge on any atom is 0.256 e. The van der Waals surface area contributed by atoms with Gasteiger partial charge in [0.2, 0.25) is 0 Å². The quantitative estimate of drug-likeness (QED) is 0.377. The highest BCUT2D eigenvalue weighted by Crippen LogP contribution is 2.64. The van der Waals surface area contributed by atoms with Crippen LogP contribution in [0, 0.1) is 17.8 Å². The first kappa shape index (κ1) is 27.8. The molecular formula is C30H51NO5Si. The van der Waals surface area contributed by atoms with Gasteiger partial charge in [-0.05, 0) is 69.9 Å². The van der Waals surface area contributed by atoms with Gasteiger partial charge in [0.05, 0.1) is 31.9 Å². The second-order valence-electron chi connectivity index (χ2n) is 14.1. The number of rotatable bonds is 6. The van der Waals surface area contributed by atoms with E-state index in [0.717, 1.165) is 25.7 Å². The summed E-state index contributed by atoms with van der Waals surface area (Å²) in [5.41, 5.74) is 1.27. The number of hydrogen-bond acceptors (Lipinski definition) is 5. The highest BCUT2D eigenvalue weighted by molar-refractivity contribution is 6.80. The molecule has 210 valence electrons. The molecule has 5 aliphatic rings. The molecule has 0 aromatic heterocycles. The van der Waals surface area contributed by atoms with Crippen molar-refractivity contribution in [3.8, 4) is 0 Å². The Kier molecular flexibility index (Phi) is 7.31. The second kappa shape index (κ2) is 9.72. The van der Waals surface area contributed by atoms with Crippen molar-refractivity contribution >= 4 is 14.0 Å². The van der Waals surface area contributed by atoms with Gasteiger partial charge in [-0.25, -0.2) is 0 Å². The summed E-state index contributed by atoms with van der Waals surface area (Å²) in [5.74, 6) is 0.757. The molecule has 1 spiro atoms. The largest absolute Gasteiger partial charge is 0.396 e. The Labute approximate surface area is 225 Å². The Bertz CT molecular complexity index is 912. The minimum atomic E-state index is -1.87. The molecular weight excluding hydrogens is 482 g/mol. The molecule has 3 heterocycles. The van der Waals surface area contributed by atoms with Gasteiger partial charge in [0.25, 0.3) is 5.91 Å². The third-order valence-corrected chi connectivity index (χ3v) is 16.9. The molecule has 5 rings (SSSR count). The maximum atomic E-state index is 14.8. The Balaban J connectivity index is 1.56. The molecule has 0 bridgehead atoms. The van der Waals surface area contributed by atoms with Crippen molar-refractivity contribution in [1.82, 2.24) is 4.90 Å². The van der Waals surface area contributed by atoms with Crippen molar-refractivity contribution in [1.29, 1.82) is 0 Å². The van der Waals surface area contributed by atoms with Crippen LogP contribution in [0.5, 0.6) is 0 Å². The predicted octanol–water partition coefficient (Wildman–Crippen LogP) is 5.17. The highest BCUT2D eigenvalue weighted by Gasteiger charge is 2.74. The number of nitrogens with zero attached hydrogens (tertiary/aromatic N) is 1. The fourth-order valence-corrected chi connectivity index (χ4v) is 15.1. The van der Waals surface area contributed by atoms with Crippen LogP contribution in [-0.2, 0) is 19.0 Å². The van der Waals surface area contributed by atoms with Gasteiger partial charge in [-0.3, -0.25) is 4.79 Å². The zero-order chi connectivity index (χ0) is 26.9. The van der Waals surface area contributed by atoms with Gasteiger partial charge in [0.1, 0.15) is 0 Å². The summed E-state index contributed by atoms with van der Waals surface area (Å²) in [4.78, 5) is 17.0. The number of aliphatic hydroxyl groups excluding tert-OH is 1. The van der Waals surface area contributed by atoms with Crippen LogP contribution in [0.1, 0.15) is 72.6 Å². The van der Waals surface area contributed by atoms with E-state index in [2.05, 4.69) is 51.8 Å². The lowest BCUT2D eigenvalue weighted by Gasteiger charge is -2.51. The SMILES string of the molecule is COC1CCC([Si](C)(C)[C@H]2[C@H](CCO)O[C@@]3(C(=O)N4C5C(CC(OC)CC53)C(C)=CC4(C)C)[C@@H]2C)CC1. The van der Waals surface area contributed by atoms with E-state index < -0.39 is 13.7 Å². The molecule has 4 unspecified atom stereocenters. The van der Waals surface area contributed by atoms with Crippen LogP contribution in [0.3, 0.4) is 0 Å². The summed E-state index contributed by atoms with van der Waals surface area (Å²) in [6, 6.07) is 0.164. The first-order valence-electron chi connectivity index (χ1n) is 14.8. The third-order valence-electron chi connectivity index (χ3n) is 11.7. The number of methoxy groups -OCH3 is 2. The van der Waals surface area contributed by atoms with Crippen molar-refractivity contribution < 1.29 is 24.1 Å². The Morgan fingerprint density at radius 2 is 1.76 bits per heavy atom. The predicted molar refractivity (Wildman–Crippen MR) is 148 cm³/mol. The van der Waals surface area contributed by atoms with E-state index in [4.69, 9.17) is 14.2 Å². The molecule has 6 nitrogen and oxygen atoms in total. The average Bonchev–Trinajstić information content (AvgIpc) is 3.29. The second-order valence-corrected chi connectivity index (χ2v) is 19.2. The van der Waals surface area contributed by atoms with Crippen LogP contribution in [0.25, 0.3) is 0 Å². The van der Waals surface area contributed by atoms with Crippen molar-refractivity contribution in [2.75, 3.05) is 20.8 Å². The van der Waals surface area contributed by atoms with Crippen molar-refractivity contribution in [2.45, 2.75) is 132 Å². The summed E-state index contributed by atoms with van der Waals surface area (Å²) in [7, 11) is 1.79. The number of carbonyl (C=O) groups excluding carboxylic acids is 1. The molecule has 2 saturated carbocycles. The van der Waals surface area contributed by atoms with Crippen LogP contribution in [0.15, 0.2) is 11.6 Å². The van der Waals surface area contributed by atoms with E-state index in [-0.39, 0.29) is 48.1 Å². The number of fused-ring (bicyclic) bond motifs is 1. The third kappa shape index (κ3) is 4.04. The Hall–Kier alpha value is -0.733. The molecule has 1 amide bonds. The first-order valence-corrected chi connectivity index (χ1v) is 18.0. The van der Waals surface area contributed by atoms with Crippen molar-refractivity contribution in [3.63, 3.8) is 0 Å². The average molecular weight is 534 g/mol. The molecule has 0 radical (unpaired) electrons. The molecule has 7 heteroatoms. The number of ether oxygens (including phenoxy) is 3. The molecule has 37 heavy (non-hydrogen) atoms. The van der Waals surface area contributed by atoms with E-state index in [0.29, 0.717) is 29.5 Å². The zero-order valence-corrected chi connectivity index (χ0v) is 25.5. The van der Waals surface area contributed by atoms with Gasteiger partial charge in [-0.2, -0.15) is 0 Å². The van der Waals surface area contributed by atoms with E-state index >= 15 is 0 Å². The normalized spacial score (nSPS) is 45.3. The van der Waals surface area contributed by atoms with E-state index in [1.165, 1.54) is 18.4 Å². The number of hydrogen-bond donors (Lipinski definition) is 1. The molecule has 0 aromatic rings. The number of carbonyl (C=O) groups is 1. The van der Waals surface area contributed by atoms with Crippen LogP contribution in [0.2, 0.25) is 24.2 Å². The summed E-state index contributed by atoms with van der Waals surface area (Å²) < 4.78 is 18.9. The van der Waals surface area contributed by atoms with Gasteiger partial charge < -0.3 is 24.2 Å². The van der Waals surface area contributed by atoms with E-state index in [1.54, 1.807) is 0 Å². The zero-order valence-electron chi connectivity index (χ0n) is 24.5. The summed E-state index contributed by atoms with van der Waals surface area (Å²) in [6.07, 6.45) is 9.89. The number of amides is 1. The van der Waals surface area contributed by atoms with Crippen molar-refractivity contribution in [2.24, 2.45) is 17.8 Å².